The van der Waals surface area contributed by atoms with Crippen molar-refractivity contribution in [3.8, 4) is 46.0 Å². The third kappa shape index (κ3) is 5.21. The highest BCUT2D eigenvalue weighted by Crippen LogP contribution is 2.49. The number of thiophene rings is 2. The summed E-state index contributed by atoms with van der Waals surface area (Å²) >= 11 is 3.69. The van der Waals surface area contributed by atoms with Crippen molar-refractivity contribution < 1.29 is 18.9 Å². The molecule has 6 aliphatic rings. The Bertz CT molecular complexity index is 4000. The molecule has 9 aromatic carbocycles. The molecule has 17 rings (SSSR count). The van der Waals surface area contributed by atoms with Gasteiger partial charge in [-0.25, -0.2) is 0 Å². The van der Waals surface area contributed by atoms with Crippen LogP contribution >= 0.6 is 22.7 Å². The summed E-state index contributed by atoms with van der Waals surface area (Å²) in [7, 11) is 0. The highest BCUT2D eigenvalue weighted by molar-refractivity contribution is 7.34. The van der Waals surface area contributed by atoms with Gasteiger partial charge in [-0.15, -0.1) is 22.7 Å². The van der Waals surface area contributed by atoms with Crippen molar-refractivity contribution >= 4 is 145 Å². The Labute approximate surface area is 424 Å². The van der Waals surface area contributed by atoms with Gasteiger partial charge < -0.3 is 28.7 Å². The number of aryl methyl sites for hydroxylation is 3. The summed E-state index contributed by atoms with van der Waals surface area (Å²) in [4.78, 5) is 4.86. The Balaban J connectivity index is 0.950. The fourth-order valence-electron chi connectivity index (χ4n) is 12.9. The minimum absolute atomic E-state index is 0.0785. The summed E-state index contributed by atoms with van der Waals surface area (Å²) in [6.07, 6.45) is 0. The molecule has 336 valence electrons. The quantitative estimate of drug-likeness (QED) is 0.161. The lowest BCUT2D eigenvalue weighted by Crippen LogP contribution is -2.64. The number of nitrogens with zero attached hydrogens (tertiary/aromatic N) is 2. The lowest BCUT2D eigenvalue weighted by Gasteiger charge is -2.42. The molecule has 6 aliphatic heterocycles. The maximum atomic E-state index is 7.25. The number of hydrogen-bond acceptors (Lipinski definition) is 8. The first-order chi connectivity index (χ1) is 35.4. The number of benzene rings is 9. The molecule has 6 nitrogen and oxygen atoms in total. The second-order valence-electron chi connectivity index (χ2n) is 20.1. The number of hydrogen-bond donors (Lipinski definition) is 0. The average molecular weight is 959 g/mol. The number of rotatable bonds is 2. The summed E-state index contributed by atoms with van der Waals surface area (Å²) in [6, 6.07) is 62.0. The van der Waals surface area contributed by atoms with Crippen molar-refractivity contribution in [2.75, 3.05) is 9.80 Å². The Kier molecular flexibility index (Phi) is 7.73. The van der Waals surface area contributed by atoms with Crippen molar-refractivity contribution in [1.29, 1.82) is 0 Å². The van der Waals surface area contributed by atoms with Crippen LogP contribution in [0.15, 0.2) is 170 Å². The molecule has 11 heteroatoms. The summed E-state index contributed by atoms with van der Waals surface area (Å²) in [6.45, 7) is 6.12. The zero-order valence-corrected chi connectivity index (χ0v) is 40.9. The normalized spacial score (nSPS) is 14.3. The fraction of sp³-hybridized carbons (Fsp3) is 0.0492. The molecule has 2 aromatic heterocycles. The van der Waals surface area contributed by atoms with Crippen LogP contribution in [0.25, 0.3) is 20.2 Å². The third-order valence-corrected chi connectivity index (χ3v) is 18.2. The standard InChI is InChI=1S/C61H37B3N2O4S2/c1-32-22-45-55-49(24-32)69-58-37-18-10-12-20-53(37)71-60(58)63(55)39-28-41-47(30-43(39)65(45)35-14-6-4-7-15-35)67-51-26-34(3)27-52-57(51)62(41)42-29-40-44(31-48(42)68-52)66(36-16-8-5-9-17-36)46-23-33(2)25-50-56(46)64(40)61-59(70-50)38-19-11-13-21-54(38)72-61/h4-31H,1-3H3. The zero-order valence-electron chi connectivity index (χ0n) is 39.2. The van der Waals surface area contributed by atoms with Crippen LogP contribution in [0.4, 0.5) is 34.1 Å². The van der Waals surface area contributed by atoms with Crippen LogP contribution in [0.3, 0.4) is 0 Å². The molecule has 0 bridgehead atoms. The molecule has 0 atom stereocenters. The van der Waals surface area contributed by atoms with Crippen molar-refractivity contribution in [2.24, 2.45) is 0 Å². The van der Waals surface area contributed by atoms with E-state index in [-0.39, 0.29) is 20.1 Å². The largest absolute Gasteiger partial charge is 0.458 e. The van der Waals surface area contributed by atoms with Crippen LogP contribution in [0.2, 0.25) is 0 Å². The van der Waals surface area contributed by atoms with E-state index in [1.165, 1.54) is 40.8 Å². The van der Waals surface area contributed by atoms with Gasteiger partial charge in [-0.3, -0.25) is 0 Å². The molecular formula is C61H37B3N2O4S2. The van der Waals surface area contributed by atoms with Gasteiger partial charge in [0.1, 0.15) is 46.0 Å². The van der Waals surface area contributed by atoms with Crippen LogP contribution in [-0.2, 0) is 0 Å². The second kappa shape index (κ2) is 14.1. The summed E-state index contributed by atoms with van der Waals surface area (Å²) < 4.78 is 33.5. The van der Waals surface area contributed by atoms with Crippen molar-refractivity contribution in [3.63, 3.8) is 0 Å². The molecule has 8 heterocycles. The van der Waals surface area contributed by atoms with Crippen LogP contribution in [0.5, 0.6) is 46.0 Å². The first-order valence-corrected chi connectivity index (χ1v) is 26.3. The second-order valence-corrected chi connectivity index (χ2v) is 22.3. The van der Waals surface area contributed by atoms with E-state index < -0.39 is 0 Å². The fourth-order valence-corrected chi connectivity index (χ4v) is 15.4. The number of anilines is 6. The minimum atomic E-state index is -0.199. The molecule has 0 spiro atoms. The Morgan fingerprint density at radius 3 is 1.21 bits per heavy atom. The highest BCUT2D eigenvalue weighted by Gasteiger charge is 2.50. The van der Waals surface area contributed by atoms with E-state index in [1.54, 1.807) is 0 Å². The van der Waals surface area contributed by atoms with E-state index in [0.717, 1.165) is 124 Å². The first kappa shape index (κ1) is 39.6. The SMILES string of the molecule is Cc1cc2c3c(c1)Oc1cc4c(cc1B3c1cc3c(cc1O2)N(c1ccccc1)c1cc(C)cc2c1B3c1sc3ccccc3c1O2)B1c2sc3ccccc3c2Oc2cc(C)cc(c21)N4c1ccccc1. The smallest absolute Gasteiger partial charge is 0.268 e. The van der Waals surface area contributed by atoms with Crippen LogP contribution in [0.1, 0.15) is 16.7 Å². The molecule has 0 amide bonds. The van der Waals surface area contributed by atoms with E-state index >= 15 is 0 Å². The minimum Gasteiger partial charge on any atom is -0.458 e. The molecule has 0 saturated heterocycles. The van der Waals surface area contributed by atoms with Crippen molar-refractivity contribution in [2.45, 2.75) is 20.8 Å². The predicted octanol–water partition coefficient (Wildman–Crippen LogP) is 10.6. The summed E-state index contributed by atoms with van der Waals surface area (Å²) in [5, 5.41) is 2.30. The van der Waals surface area contributed by atoms with Gasteiger partial charge in [0.2, 0.25) is 0 Å². The molecule has 0 fully saturated rings. The Hall–Kier alpha value is -8.11. The number of fused-ring (bicyclic) bond motifs is 16. The Morgan fingerprint density at radius 2 is 0.750 bits per heavy atom. The van der Waals surface area contributed by atoms with Gasteiger partial charge in [-0.05, 0) is 155 Å². The molecule has 0 aliphatic carbocycles. The highest BCUT2D eigenvalue weighted by atomic mass is 32.1. The van der Waals surface area contributed by atoms with Crippen molar-refractivity contribution in [1.82, 2.24) is 0 Å². The van der Waals surface area contributed by atoms with Gasteiger partial charge in [0, 0.05) is 81.4 Å². The molecule has 11 aromatic rings. The molecule has 0 saturated carbocycles. The van der Waals surface area contributed by atoms with Gasteiger partial charge >= 0.3 is 0 Å². The topological polar surface area (TPSA) is 43.4 Å². The van der Waals surface area contributed by atoms with E-state index in [0.29, 0.717) is 0 Å². The van der Waals surface area contributed by atoms with Gasteiger partial charge in [-0.2, -0.15) is 0 Å². The van der Waals surface area contributed by atoms with Gasteiger partial charge in [0.05, 0.1) is 0 Å². The van der Waals surface area contributed by atoms with Gasteiger partial charge in [0.15, 0.2) is 0 Å². The van der Waals surface area contributed by atoms with E-state index in [1.807, 2.05) is 22.7 Å². The van der Waals surface area contributed by atoms with E-state index in [9.17, 15) is 0 Å². The summed E-state index contributed by atoms with van der Waals surface area (Å²) in [5.41, 5.74) is 18.1. The van der Waals surface area contributed by atoms with Crippen LogP contribution in [-0.4, -0.2) is 20.1 Å². The molecule has 0 radical (unpaired) electrons. The van der Waals surface area contributed by atoms with Crippen LogP contribution in [0, 0.1) is 20.8 Å². The molecule has 0 N–H and O–H groups in total. The monoisotopic (exact) mass is 958 g/mol. The van der Waals surface area contributed by atoms with Gasteiger partial charge in [-0.1, -0.05) is 72.8 Å². The van der Waals surface area contributed by atoms with E-state index in [4.69, 9.17) is 18.9 Å². The number of ether oxygens (including phenoxy) is 4. The molecule has 72 heavy (non-hydrogen) atoms. The van der Waals surface area contributed by atoms with Crippen LogP contribution < -0.4 is 76.5 Å². The van der Waals surface area contributed by atoms with E-state index in [2.05, 4.69) is 200 Å². The van der Waals surface area contributed by atoms with Gasteiger partial charge in [0.25, 0.3) is 20.1 Å². The lowest BCUT2D eigenvalue weighted by atomic mass is 9.31. The maximum absolute atomic E-state index is 7.25. The maximum Gasteiger partial charge on any atom is 0.268 e. The molecule has 0 unspecified atom stereocenters. The average Bonchev–Trinajstić information content (AvgIpc) is 3.96. The Morgan fingerprint density at radius 1 is 0.347 bits per heavy atom. The predicted molar refractivity (Wildman–Crippen MR) is 301 cm³/mol. The zero-order chi connectivity index (χ0) is 47.2. The number of para-hydroxylation sites is 2. The third-order valence-electron chi connectivity index (χ3n) is 15.7. The van der Waals surface area contributed by atoms with Crippen molar-refractivity contribution in [3.05, 3.63) is 187 Å². The lowest BCUT2D eigenvalue weighted by molar-refractivity contribution is 0.464. The first-order valence-electron chi connectivity index (χ1n) is 24.6. The molecular weight excluding hydrogens is 921 g/mol. The summed E-state index contributed by atoms with van der Waals surface area (Å²) in [5.74, 6) is 7.09.